The van der Waals surface area contributed by atoms with Crippen LogP contribution in [0.4, 0.5) is 8.78 Å². The van der Waals surface area contributed by atoms with E-state index in [1.54, 1.807) is 12.1 Å². The zero-order valence-electron chi connectivity index (χ0n) is 9.78. The van der Waals surface area contributed by atoms with Crippen LogP contribution in [-0.2, 0) is 0 Å². The third-order valence-electron chi connectivity index (χ3n) is 2.72. The number of hydrogen-bond acceptors (Lipinski definition) is 1. The Labute approximate surface area is 99.0 Å². The van der Waals surface area contributed by atoms with E-state index in [0.29, 0.717) is 0 Å². The lowest BCUT2D eigenvalue weighted by atomic mass is 9.95. The molecule has 0 aliphatic carbocycles. The molecular formula is C14H14F2O. The molecule has 2 rings (SSSR count). The van der Waals surface area contributed by atoms with E-state index in [2.05, 4.69) is 4.74 Å². The molecule has 0 fully saturated rings. The lowest BCUT2D eigenvalue weighted by Crippen LogP contribution is -2.05. The second-order valence-electron chi connectivity index (χ2n) is 4.23. The van der Waals surface area contributed by atoms with E-state index in [1.807, 2.05) is 38.1 Å². The standard InChI is InChI=1S/C14H14F2O/c1-9(2)13-11-6-4-3-5-10(11)7-8-12(13)17-14(15)16/h3-9,14H,1-2H3. The second kappa shape index (κ2) is 4.70. The van der Waals surface area contributed by atoms with Crippen molar-refractivity contribution in [2.45, 2.75) is 26.4 Å². The predicted octanol–water partition coefficient (Wildman–Crippen LogP) is 4.56. The van der Waals surface area contributed by atoms with Crippen molar-refractivity contribution in [1.82, 2.24) is 0 Å². The van der Waals surface area contributed by atoms with E-state index in [1.165, 1.54) is 0 Å². The van der Waals surface area contributed by atoms with Gasteiger partial charge in [-0.05, 0) is 22.8 Å². The first-order valence-electron chi connectivity index (χ1n) is 5.56. The fourth-order valence-electron chi connectivity index (χ4n) is 2.07. The van der Waals surface area contributed by atoms with Gasteiger partial charge in [-0.3, -0.25) is 0 Å². The Morgan fingerprint density at radius 1 is 1.00 bits per heavy atom. The first kappa shape index (κ1) is 11.8. The van der Waals surface area contributed by atoms with Gasteiger partial charge in [0.1, 0.15) is 5.75 Å². The normalized spacial score (nSPS) is 11.4. The number of alkyl halides is 2. The van der Waals surface area contributed by atoms with E-state index < -0.39 is 6.61 Å². The molecule has 0 spiro atoms. The van der Waals surface area contributed by atoms with E-state index in [-0.39, 0.29) is 11.7 Å². The van der Waals surface area contributed by atoms with Crippen molar-refractivity contribution >= 4 is 10.8 Å². The van der Waals surface area contributed by atoms with E-state index in [9.17, 15) is 8.78 Å². The highest BCUT2D eigenvalue weighted by molar-refractivity contribution is 5.88. The minimum absolute atomic E-state index is 0.134. The first-order valence-corrected chi connectivity index (χ1v) is 5.56. The molecule has 3 heteroatoms. The van der Waals surface area contributed by atoms with E-state index in [0.717, 1.165) is 16.3 Å². The number of rotatable bonds is 3. The maximum Gasteiger partial charge on any atom is 0.387 e. The van der Waals surface area contributed by atoms with Gasteiger partial charge in [0, 0.05) is 5.56 Å². The quantitative estimate of drug-likeness (QED) is 0.758. The summed E-state index contributed by atoms with van der Waals surface area (Å²) in [6, 6.07) is 11.2. The van der Waals surface area contributed by atoms with Crippen LogP contribution in [-0.4, -0.2) is 6.61 Å². The minimum Gasteiger partial charge on any atom is -0.435 e. The predicted molar refractivity (Wildman–Crippen MR) is 64.7 cm³/mol. The van der Waals surface area contributed by atoms with Crippen molar-refractivity contribution in [3.8, 4) is 5.75 Å². The highest BCUT2D eigenvalue weighted by atomic mass is 19.3. The fraction of sp³-hybridized carbons (Fsp3) is 0.286. The highest BCUT2D eigenvalue weighted by Gasteiger charge is 2.15. The van der Waals surface area contributed by atoms with Crippen LogP contribution in [0.1, 0.15) is 25.3 Å². The largest absolute Gasteiger partial charge is 0.435 e. The van der Waals surface area contributed by atoms with Crippen LogP contribution in [0.15, 0.2) is 36.4 Å². The Hall–Kier alpha value is -1.64. The molecule has 0 saturated carbocycles. The lowest BCUT2D eigenvalue weighted by Gasteiger charge is -2.16. The Kier molecular flexibility index (Phi) is 3.27. The summed E-state index contributed by atoms with van der Waals surface area (Å²) in [5.41, 5.74) is 0.836. The molecule has 90 valence electrons. The molecule has 0 bridgehead atoms. The van der Waals surface area contributed by atoms with Crippen LogP contribution in [0, 0.1) is 0 Å². The van der Waals surface area contributed by atoms with E-state index >= 15 is 0 Å². The maximum absolute atomic E-state index is 12.3. The summed E-state index contributed by atoms with van der Waals surface area (Å²) >= 11 is 0. The van der Waals surface area contributed by atoms with Crippen molar-refractivity contribution in [2.75, 3.05) is 0 Å². The van der Waals surface area contributed by atoms with Crippen molar-refractivity contribution in [3.05, 3.63) is 42.0 Å². The molecule has 0 unspecified atom stereocenters. The summed E-state index contributed by atoms with van der Waals surface area (Å²) in [5, 5.41) is 2.01. The molecule has 0 N–H and O–H groups in total. The summed E-state index contributed by atoms with van der Waals surface area (Å²) in [6.45, 7) is 1.16. The number of ether oxygens (including phenoxy) is 1. The van der Waals surface area contributed by atoms with Crippen LogP contribution < -0.4 is 4.74 Å². The Morgan fingerprint density at radius 3 is 2.35 bits per heavy atom. The van der Waals surface area contributed by atoms with Gasteiger partial charge >= 0.3 is 6.61 Å². The summed E-state index contributed by atoms with van der Waals surface area (Å²) in [5.74, 6) is 0.406. The third kappa shape index (κ3) is 2.38. The molecule has 0 aliphatic heterocycles. The zero-order valence-corrected chi connectivity index (χ0v) is 9.78. The number of benzene rings is 2. The van der Waals surface area contributed by atoms with Gasteiger partial charge in [-0.25, -0.2) is 0 Å². The van der Waals surface area contributed by atoms with Gasteiger partial charge in [0.2, 0.25) is 0 Å². The Morgan fingerprint density at radius 2 is 1.71 bits per heavy atom. The van der Waals surface area contributed by atoms with Crippen molar-refractivity contribution in [2.24, 2.45) is 0 Å². The molecular weight excluding hydrogens is 222 g/mol. The van der Waals surface area contributed by atoms with Crippen molar-refractivity contribution in [3.63, 3.8) is 0 Å². The summed E-state index contributed by atoms with van der Waals surface area (Å²) in [7, 11) is 0. The van der Waals surface area contributed by atoms with Gasteiger partial charge in [-0.1, -0.05) is 44.2 Å². The van der Waals surface area contributed by atoms with E-state index in [4.69, 9.17) is 0 Å². The molecule has 2 aromatic rings. The zero-order chi connectivity index (χ0) is 12.4. The van der Waals surface area contributed by atoms with Gasteiger partial charge < -0.3 is 4.74 Å². The molecule has 0 aromatic heterocycles. The second-order valence-corrected chi connectivity index (χ2v) is 4.23. The topological polar surface area (TPSA) is 9.23 Å². The minimum atomic E-state index is -2.78. The molecule has 0 atom stereocenters. The van der Waals surface area contributed by atoms with Crippen LogP contribution in [0.3, 0.4) is 0 Å². The van der Waals surface area contributed by atoms with Gasteiger partial charge in [-0.15, -0.1) is 0 Å². The summed E-state index contributed by atoms with van der Waals surface area (Å²) < 4.78 is 29.3. The highest BCUT2D eigenvalue weighted by Crippen LogP contribution is 2.34. The molecule has 0 aliphatic rings. The third-order valence-corrected chi connectivity index (χ3v) is 2.72. The molecule has 2 aromatic carbocycles. The molecule has 17 heavy (non-hydrogen) atoms. The van der Waals surface area contributed by atoms with Gasteiger partial charge in [-0.2, -0.15) is 8.78 Å². The fourth-order valence-corrected chi connectivity index (χ4v) is 2.07. The van der Waals surface area contributed by atoms with Crippen LogP contribution in [0.2, 0.25) is 0 Å². The molecule has 0 heterocycles. The summed E-state index contributed by atoms with van der Waals surface area (Å²) in [6.07, 6.45) is 0. The van der Waals surface area contributed by atoms with Gasteiger partial charge in [0.25, 0.3) is 0 Å². The first-order chi connectivity index (χ1) is 8.09. The maximum atomic E-state index is 12.3. The average molecular weight is 236 g/mol. The molecule has 0 saturated heterocycles. The summed E-state index contributed by atoms with van der Waals surface area (Å²) in [4.78, 5) is 0. The monoisotopic (exact) mass is 236 g/mol. The average Bonchev–Trinajstić information content (AvgIpc) is 2.27. The molecule has 1 nitrogen and oxygen atoms in total. The molecule has 0 amide bonds. The number of halogens is 2. The molecule has 0 radical (unpaired) electrons. The SMILES string of the molecule is CC(C)c1c(OC(F)F)ccc2ccccc12. The number of fused-ring (bicyclic) bond motifs is 1. The van der Waals surface area contributed by atoms with Crippen LogP contribution >= 0.6 is 0 Å². The lowest BCUT2D eigenvalue weighted by molar-refractivity contribution is -0.0504. The van der Waals surface area contributed by atoms with Crippen molar-refractivity contribution in [1.29, 1.82) is 0 Å². The van der Waals surface area contributed by atoms with Crippen molar-refractivity contribution < 1.29 is 13.5 Å². The van der Waals surface area contributed by atoms with Crippen LogP contribution in [0.5, 0.6) is 5.75 Å². The number of hydrogen-bond donors (Lipinski definition) is 0. The smallest absolute Gasteiger partial charge is 0.387 e. The van der Waals surface area contributed by atoms with Gasteiger partial charge in [0.15, 0.2) is 0 Å². The Bertz CT molecular complexity index is 521. The van der Waals surface area contributed by atoms with Gasteiger partial charge in [0.05, 0.1) is 0 Å². The Balaban J connectivity index is 2.64. The van der Waals surface area contributed by atoms with Crippen LogP contribution in [0.25, 0.3) is 10.8 Å².